The summed E-state index contributed by atoms with van der Waals surface area (Å²) in [5.41, 5.74) is -2.40. The fraction of sp³-hybridized carbons (Fsp3) is 0.500. The van der Waals surface area contributed by atoms with Crippen LogP contribution in [0.1, 0.15) is 23.7 Å². The first-order chi connectivity index (χ1) is 8.77. The van der Waals surface area contributed by atoms with Crippen molar-refractivity contribution >= 4 is 0 Å². The normalized spacial score (nSPS) is 10.6. The van der Waals surface area contributed by atoms with Gasteiger partial charge < -0.3 is 0 Å². The first-order valence-electron chi connectivity index (χ1n) is 4.13. The van der Waals surface area contributed by atoms with Gasteiger partial charge in [-0.3, -0.25) is 40.5 Å². The summed E-state index contributed by atoms with van der Waals surface area (Å²) in [6, 6.07) is 0. The SMILES string of the molecule is O=[N+]([O-])C(c1nonc1C([N+](=O)[O-])[N+](=O)[O-])[N+](=O)[O-]. The molecule has 15 nitrogen and oxygen atoms in total. The Hall–Kier alpha value is -3.26. The predicted octanol–water partition coefficient (Wildman–Crippen LogP) is -0.826. The highest BCUT2D eigenvalue weighted by atomic mass is 16.7. The molecule has 0 bridgehead atoms. The molecule has 15 heteroatoms. The van der Waals surface area contributed by atoms with E-state index in [0.29, 0.717) is 0 Å². The molecule has 0 aliphatic rings. The highest BCUT2D eigenvalue weighted by Gasteiger charge is 2.51. The molecule has 0 radical (unpaired) electrons. The van der Waals surface area contributed by atoms with Crippen molar-refractivity contribution in [1.82, 2.24) is 10.3 Å². The molecule has 1 aromatic rings. The van der Waals surface area contributed by atoms with Gasteiger partial charge in [-0.05, 0) is 10.3 Å². The molecule has 0 fully saturated rings. The lowest BCUT2D eigenvalue weighted by molar-refractivity contribution is -0.761. The third-order valence-electron chi connectivity index (χ3n) is 1.83. The van der Waals surface area contributed by atoms with Crippen molar-refractivity contribution in [3.63, 3.8) is 0 Å². The summed E-state index contributed by atoms with van der Waals surface area (Å²) in [6.45, 7) is 0. The largest absolute Gasteiger partial charge is 0.498 e. The Balaban J connectivity index is 3.37. The Morgan fingerprint density at radius 3 is 1.21 bits per heavy atom. The van der Waals surface area contributed by atoms with Crippen LogP contribution in [0.5, 0.6) is 0 Å². The van der Waals surface area contributed by atoms with E-state index in [1.165, 1.54) is 0 Å². The van der Waals surface area contributed by atoms with Gasteiger partial charge in [0.05, 0.1) is 0 Å². The van der Waals surface area contributed by atoms with Gasteiger partial charge >= 0.3 is 12.3 Å². The molecule has 0 aliphatic carbocycles. The van der Waals surface area contributed by atoms with Gasteiger partial charge in [0, 0.05) is 0 Å². The van der Waals surface area contributed by atoms with E-state index in [-0.39, 0.29) is 0 Å². The maximum absolute atomic E-state index is 10.5. The Morgan fingerprint density at radius 1 is 0.737 bits per heavy atom. The molecule has 1 aromatic heterocycles. The molecule has 102 valence electrons. The third kappa shape index (κ3) is 2.53. The molecule has 0 amide bonds. The lowest BCUT2D eigenvalue weighted by atomic mass is 10.2. The van der Waals surface area contributed by atoms with E-state index in [9.17, 15) is 40.5 Å². The molecular weight excluding hydrogens is 276 g/mol. The summed E-state index contributed by atoms with van der Waals surface area (Å²) in [5.74, 6) is 0. The van der Waals surface area contributed by atoms with Crippen LogP contribution in [0.4, 0.5) is 0 Å². The zero-order chi connectivity index (χ0) is 14.7. The minimum atomic E-state index is -2.75. The quantitative estimate of drug-likeness (QED) is 0.355. The van der Waals surface area contributed by atoms with Crippen LogP contribution in [0, 0.1) is 40.5 Å². The molecule has 0 aromatic carbocycles. The zero-order valence-corrected chi connectivity index (χ0v) is 8.51. The number of aromatic nitrogens is 2. The summed E-state index contributed by atoms with van der Waals surface area (Å²) >= 11 is 0. The van der Waals surface area contributed by atoms with Crippen LogP contribution in [0.2, 0.25) is 0 Å². The van der Waals surface area contributed by atoms with Crippen LogP contribution in [0.3, 0.4) is 0 Å². The van der Waals surface area contributed by atoms with Gasteiger partial charge in [-0.25, -0.2) is 4.63 Å². The highest BCUT2D eigenvalue weighted by Crippen LogP contribution is 2.25. The van der Waals surface area contributed by atoms with E-state index in [1.807, 2.05) is 0 Å². The van der Waals surface area contributed by atoms with Gasteiger partial charge in [0.1, 0.15) is 19.7 Å². The number of nitrogens with zero attached hydrogens (tertiary/aromatic N) is 6. The van der Waals surface area contributed by atoms with Crippen LogP contribution >= 0.6 is 0 Å². The number of hydrogen-bond donors (Lipinski definition) is 0. The fourth-order valence-electron chi connectivity index (χ4n) is 1.11. The van der Waals surface area contributed by atoms with E-state index >= 15 is 0 Å². The third-order valence-corrected chi connectivity index (χ3v) is 1.83. The van der Waals surface area contributed by atoms with Gasteiger partial charge in [0.15, 0.2) is 0 Å². The lowest BCUT2D eigenvalue weighted by Crippen LogP contribution is -2.26. The van der Waals surface area contributed by atoms with Gasteiger partial charge in [0.2, 0.25) is 0 Å². The van der Waals surface area contributed by atoms with Crippen LogP contribution < -0.4 is 0 Å². The topological polar surface area (TPSA) is 211 Å². The van der Waals surface area contributed by atoms with Crippen LogP contribution in [0.15, 0.2) is 4.63 Å². The number of nitro groups is 4. The molecule has 1 rings (SSSR count). The van der Waals surface area contributed by atoms with Crippen molar-refractivity contribution in [3.05, 3.63) is 51.8 Å². The summed E-state index contributed by atoms with van der Waals surface area (Å²) in [7, 11) is 0. The smallest absolute Gasteiger partial charge is 0.258 e. The molecule has 0 unspecified atom stereocenters. The molecular formula is C4H2N6O9. The maximum Gasteiger partial charge on any atom is 0.498 e. The van der Waals surface area contributed by atoms with E-state index < -0.39 is 43.4 Å². The second-order valence-electron chi connectivity index (χ2n) is 2.92. The Bertz CT molecular complexity index is 476. The molecule has 0 saturated carbocycles. The maximum atomic E-state index is 10.5. The van der Waals surface area contributed by atoms with Crippen molar-refractivity contribution in [2.24, 2.45) is 0 Å². The minimum Gasteiger partial charge on any atom is -0.258 e. The summed E-state index contributed by atoms with van der Waals surface area (Å²) in [6.07, 6.45) is -5.49. The van der Waals surface area contributed by atoms with Crippen LogP contribution in [-0.2, 0) is 0 Å². The van der Waals surface area contributed by atoms with Gasteiger partial charge in [-0.15, -0.1) is 0 Å². The van der Waals surface area contributed by atoms with Crippen molar-refractivity contribution in [2.45, 2.75) is 12.3 Å². The molecule has 0 aliphatic heterocycles. The minimum absolute atomic E-state index is 1.20. The molecule has 0 spiro atoms. The fourth-order valence-corrected chi connectivity index (χ4v) is 1.11. The molecule has 19 heavy (non-hydrogen) atoms. The van der Waals surface area contributed by atoms with Crippen LogP contribution in [0.25, 0.3) is 0 Å². The second-order valence-corrected chi connectivity index (χ2v) is 2.92. The Kier molecular flexibility index (Phi) is 3.59. The van der Waals surface area contributed by atoms with Gasteiger partial charge in [-0.1, -0.05) is 0 Å². The molecule has 0 atom stereocenters. The van der Waals surface area contributed by atoms with Crippen molar-refractivity contribution in [2.75, 3.05) is 0 Å². The van der Waals surface area contributed by atoms with E-state index in [1.54, 1.807) is 0 Å². The van der Waals surface area contributed by atoms with Crippen molar-refractivity contribution < 1.29 is 24.3 Å². The number of rotatable bonds is 6. The Labute approximate surface area is 99.9 Å². The monoisotopic (exact) mass is 278 g/mol. The average molecular weight is 278 g/mol. The predicted molar refractivity (Wildman–Crippen MR) is 47.8 cm³/mol. The summed E-state index contributed by atoms with van der Waals surface area (Å²) in [5, 5.41) is 47.4. The van der Waals surface area contributed by atoms with Gasteiger partial charge in [0.25, 0.3) is 11.4 Å². The van der Waals surface area contributed by atoms with E-state index in [0.717, 1.165) is 0 Å². The number of hydrogen-bond acceptors (Lipinski definition) is 11. The van der Waals surface area contributed by atoms with E-state index in [4.69, 9.17) is 0 Å². The Morgan fingerprint density at radius 2 is 1.00 bits per heavy atom. The van der Waals surface area contributed by atoms with Crippen molar-refractivity contribution in [3.8, 4) is 0 Å². The first kappa shape index (κ1) is 13.8. The zero-order valence-electron chi connectivity index (χ0n) is 8.51. The van der Waals surface area contributed by atoms with E-state index in [2.05, 4.69) is 14.9 Å². The molecule has 0 N–H and O–H groups in total. The average Bonchev–Trinajstić information content (AvgIpc) is 2.64. The summed E-state index contributed by atoms with van der Waals surface area (Å²) < 4.78 is 3.89. The second kappa shape index (κ2) is 4.94. The van der Waals surface area contributed by atoms with Crippen LogP contribution in [-0.4, -0.2) is 30.0 Å². The highest BCUT2D eigenvalue weighted by molar-refractivity contribution is 5.09. The standard InChI is InChI=1S/C4H2N6O9/c11-7(12)3(8(13)14)1-2(6-19-5-1)4(9(15)16)10(17)18/h3-4H. The van der Waals surface area contributed by atoms with Gasteiger partial charge in [-0.2, -0.15) is 0 Å². The first-order valence-corrected chi connectivity index (χ1v) is 4.13. The van der Waals surface area contributed by atoms with Crippen molar-refractivity contribution in [1.29, 1.82) is 0 Å². The summed E-state index contributed by atoms with van der Waals surface area (Å²) in [4.78, 5) is 36.1. The molecule has 0 saturated heterocycles. The lowest BCUT2D eigenvalue weighted by Gasteiger charge is -2.00. The molecule has 1 heterocycles.